The number of rotatable bonds is 10. The normalized spacial score (nSPS) is 13.0. The van der Waals surface area contributed by atoms with Crippen molar-refractivity contribution in [2.24, 2.45) is 0 Å². The summed E-state index contributed by atoms with van der Waals surface area (Å²) in [4.78, 5) is 63.2. The van der Waals surface area contributed by atoms with Crippen LogP contribution in [-0.2, 0) is 35.3 Å². The smallest absolute Gasteiger partial charge is 0.408 e. The van der Waals surface area contributed by atoms with Gasteiger partial charge in [-0.25, -0.2) is 9.59 Å². The topological polar surface area (TPSA) is 152 Å². The molecule has 0 aliphatic carbocycles. The molecule has 0 unspecified atom stereocenters. The van der Waals surface area contributed by atoms with E-state index >= 15 is 0 Å². The van der Waals surface area contributed by atoms with E-state index in [-0.39, 0.29) is 6.61 Å². The second-order valence-electron chi connectivity index (χ2n) is 11.7. The number of amides is 4. The lowest BCUT2D eigenvalue weighted by Gasteiger charge is -2.34. The van der Waals surface area contributed by atoms with E-state index < -0.39 is 58.0 Å². The van der Waals surface area contributed by atoms with Gasteiger partial charge in [0, 0.05) is 0 Å². The molecule has 0 saturated carbocycles. The number of hydrogen-bond donors (Lipinski definition) is 4. The molecule has 1 aromatic rings. The minimum atomic E-state index is -1.46. The number of ether oxygens (including phenoxy) is 2. The Kier molecular flexibility index (Phi) is 10.5. The van der Waals surface area contributed by atoms with Gasteiger partial charge in [-0.1, -0.05) is 30.3 Å². The number of carbonyl (C=O) groups excluding carboxylic acids is 5. The Hall–Kier alpha value is -3.63. The minimum Gasteiger partial charge on any atom is -0.458 e. The highest BCUT2D eigenvalue weighted by atomic mass is 16.6. The maximum atomic E-state index is 13.0. The summed E-state index contributed by atoms with van der Waals surface area (Å²) in [5.74, 6) is -2.53. The molecular weight excluding hydrogens is 492 g/mol. The molecule has 38 heavy (non-hydrogen) atoms. The first-order valence-electron chi connectivity index (χ1n) is 12.3. The minimum absolute atomic E-state index is 0.0297. The van der Waals surface area contributed by atoms with Crippen LogP contribution in [0.25, 0.3) is 0 Å². The van der Waals surface area contributed by atoms with Gasteiger partial charge in [0.05, 0.1) is 0 Å². The molecule has 1 rings (SSSR count). The maximum Gasteiger partial charge on any atom is 0.408 e. The standard InChI is InChI=1S/C27H42N4O7/c1-17(19(32)38-24(2,3)4)28-20(33)25(5,6)29-21(34)26(7,8)30-22(35)27(9,10)31-23(36)37-16-18-14-12-11-13-15-18/h11-15,17H,16H2,1-10H3,(H,28,33)(H,29,34)(H,30,35)(H,31,36)/t17-/m0/s1. The summed E-state index contributed by atoms with van der Waals surface area (Å²) >= 11 is 0. The molecule has 0 fully saturated rings. The first kappa shape index (κ1) is 32.4. The fraction of sp³-hybridized carbons (Fsp3) is 0.593. The molecule has 1 aromatic carbocycles. The third kappa shape index (κ3) is 10.4. The summed E-state index contributed by atoms with van der Waals surface area (Å²) in [5.41, 5.74) is -4.23. The van der Waals surface area contributed by atoms with Crippen LogP contribution in [-0.4, -0.2) is 58.0 Å². The Bertz CT molecular complexity index is 1030. The van der Waals surface area contributed by atoms with Gasteiger partial charge in [0.15, 0.2) is 0 Å². The lowest BCUT2D eigenvalue weighted by molar-refractivity contribution is -0.158. The number of alkyl carbamates (subject to hydrolysis) is 1. The van der Waals surface area contributed by atoms with Gasteiger partial charge in [0.25, 0.3) is 0 Å². The number of nitrogens with one attached hydrogen (secondary N) is 4. The molecular formula is C27H42N4O7. The van der Waals surface area contributed by atoms with Crippen LogP contribution in [0.2, 0.25) is 0 Å². The highest BCUT2D eigenvalue weighted by Crippen LogP contribution is 2.13. The molecule has 11 heteroatoms. The van der Waals surface area contributed by atoms with Crippen LogP contribution < -0.4 is 21.3 Å². The zero-order chi connectivity index (χ0) is 29.5. The van der Waals surface area contributed by atoms with Crippen LogP contribution in [0, 0.1) is 0 Å². The van der Waals surface area contributed by atoms with Gasteiger partial charge in [-0.05, 0) is 74.8 Å². The molecule has 11 nitrogen and oxygen atoms in total. The Morgan fingerprint density at radius 3 is 1.63 bits per heavy atom. The molecule has 0 bridgehead atoms. The summed E-state index contributed by atoms with van der Waals surface area (Å²) < 4.78 is 10.4. The second-order valence-corrected chi connectivity index (χ2v) is 11.7. The van der Waals surface area contributed by atoms with Crippen LogP contribution >= 0.6 is 0 Å². The van der Waals surface area contributed by atoms with E-state index in [4.69, 9.17) is 9.47 Å². The number of carbonyl (C=O) groups is 5. The van der Waals surface area contributed by atoms with Crippen molar-refractivity contribution in [2.75, 3.05) is 0 Å². The van der Waals surface area contributed by atoms with Crippen molar-refractivity contribution in [1.82, 2.24) is 21.3 Å². The van der Waals surface area contributed by atoms with Crippen LogP contribution in [0.3, 0.4) is 0 Å². The van der Waals surface area contributed by atoms with Crippen LogP contribution in [0.4, 0.5) is 4.79 Å². The average molecular weight is 535 g/mol. The predicted octanol–water partition coefficient (Wildman–Crippen LogP) is 2.33. The van der Waals surface area contributed by atoms with E-state index in [0.717, 1.165) is 5.56 Å². The zero-order valence-corrected chi connectivity index (χ0v) is 24.0. The maximum absolute atomic E-state index is 13.0. The van der Waals surface area contributed by atoms with Gasteiger partial charge in [0.1, 0.15) is 34.9 Å². The molecule has 4 N–H and O–H groups in total. The van der Waals surface area contributed by atoms with Crippen molar-refractivity contribution in [3.05, 3.63) is 35.9 Å². The van der Waals surface area contributed by atoms with E-state index in [2.05, 4.69) is 21.3 Å². The molecule has 0 spiro atoms. The first-order valence-corrected chi connectivity index (χ1v) is 12.3. The molecule has 1 atom stereocenters. The van der Waals surface area contributed by atoms with Crippen LogP contribution in [0.15, 0.2) is 30.3 Å². The monoisotopic (exact) mass is 534 g/mol. The van der Waals surface area contributed by atoms with Gasteiger partial charge in [-0.15, -0.1) is 0 Å². The Morgan fingerprint density at radius 1 is 0.711 bits per heavy atom. The first-order chi connectivity index (χ1) is 17.2. The van der Waals surface area contributed by atoms with Gasteiger partial charge in [-0.3, -0.25) is 14.4 Å². The second kappa shape index (κ2) is 12.3. The zero-order valence-electron chi connectivity index (χ0n) is 24.0. The van der Waals surface area contributed by atoms with E-state index in [1.165, 1.54) is 48.5 Å². The van der Waals surface area contributed by atoms with Gasteiger partial charge >= 0.3 is 12.1 Å². The molecule has 0 aliphatic rings. The van der Waals surface area contributed by atoms with Crippen molar-refractivity contribution in [3.63, 3.8) is 0 Å². The summed E-state index contributed by atoms with van der Waals surface area (Å²) in [6, 6.07) is 8.12. The average Bonchev–Trinajstić information content (AvgIpc) is 2.76. The van der Waals surface area contributed by atoms with Crippen molar-refractivity contribution in [1.29, 1.82) is 0 Å². The molecule has 0 radical (unpaired) electrons. The highest BCUT2D eigenvalue weighted by Gasteiger charge is 2.40. The molecule has 0 saturated heterocycles. The van der Waals surface area contributed by atoms with E-state index in [9.17, 15) is 24.0 Å². The lowest BCUT2D eigenvalue weighted by atomic mass is 9.96. The Morgan fingerprint density at radius 2 is 1.16 bits per heavy atom. The summed E-state index contributed by atoms with van der Waals surface area (Å²) in [7, 11) is 0. The molecule has 4 amide bonds. The fourth-order valence-corrected chi connectivity index (χ4v) is 2.89. The number of esters is 1. The van der Waals surface area contributed by atoms with E-state index in [0.29, 0.717) is 0 Å². The van der Waals surface area contributed by atoms with Crippen molar-refractivity contribution >= 4 is 29.8 Å². The summed E-state index contributed by atoms with van der Waals surface area (Å²) in [6.45, 7) is 15.4. The number of hydrogen-bond acceptors (Lipinski definition) is 7. The molecule has 0 aromatic heterocycles. The molecule has 0 aliphatic heterocycles. The van der Waals surface area contributed by atoms with Crippen molar-refractivity contribution in [3.8, 4) is 0 Å². The van der Waals surface area contributed by atoms with Crippen molar-refractivity contribution < 1.29 is 33.4 Å². The van der Waals surface area contributed by atoms with Crippen LogP contribution in [0.5, 0.6) is 0 Å². The Labute approximate surface area is 224 Å². The predicted molar refractivity (Wildman–Crippen MR) is 142 cm³/mol. The van der Waals surface area contributed by atoms with Gasteiger partial charge in [0.2, 0.25) is 17.7 Å². The fourth-order valence-electron chi connectivity index (χ4n) is 2.89. The van der Waals surface area contributed by atoms with Gasteiger partial charge in [-0.2, -0.15) is 0 Å². The third-order valence-corrected chi connectivity index (χ3v) is 5.29. The van der Waals surface area contributed by atoms with Gasteiger partial charge < -0.3 is 30.7 Å². The van der Waals surface area contributed by atoms with Crippen molar-refractivity contribution in [2.45, 2.75) is 104 Å². The Balaban J connectivity index is 2.73. The van der Waals surface area contributed by atoms with E-state index in [1.54, 1.807) is 32.9 Å². The number of benzene rings is 1. The summed E-state index contributed by atoms with van der Waals surface area (Å²) in [5, 5.41) is 10.2. The lowest BCUT2D eigenvalue weighted by Crippen LogP contribution is -2.66. The largest absolute Gasteiger partial charge is 0.458 e. The quantitative estimate of drug-likeness (QED) is 0.336. The highest BCUT2D eigenvalue weighted by molar-refractivity contribution is 5.98. The SMILES string of the molecule is C[C@H](NC(=O)C(C)(C)NC(=O)C(C)(C)NC(=O)C(C)(C)NC(=O)OCc1ccccc1)C(=O)OC(C)(C)C. The summed E-state index contributed by atoms with van der Waals surface area (Å²) in [6.07, 6.45) is -0.798. The van der Waals surface area contributed by atoms with Crippen LogP contribution in [0.1, 0.15) is 74.8 Å². The molecule has 212 valence electrons. The third-order valence-electron chi connectivity index (χ3n) is 5.29. The molecule has 0 heterocycles. The van der Waals surface area contributed by atoms with E-state index in [1.807, 2.05) is 18.2 Å².